The van der Waals surface area contributed by atoms with Gasteiger partial charge in [-0.15, -0.1) is 26.3 Å². The van der Waals surface area contributed by atoms with Crippen LogP contribution in [0.25, 0.3) is 0 Å². The number of allylic oxidation sites excluding steroid dienone is 4. The summed E-state index contributed by atoms with van der Waals surface area (Å²) in [6.07, 6.45) is 13.6. The van der Waals surface area contributed by atoms with Crippen LogP contribution in [0.3, 0.4) is 0 Å². The molecule has 1 heterocycles. The number of methoxy groups -OCH3 is 1. The molecular formula is C39H56N2O3. The van der Waals surface area contributed by atoms with Gasteiger partial charge < -0.3 is 14.5 Å². The van der Waals surface area contributed by atoms with Gasteiger partial charge in [0.1, 0.15) is 5.75 Å². The van der Waals surface area contributed by atoms with Crippen LogP contribution in [0, 0.1) is 11.3 Å². The van der Waals surface area contributed by atoms with Crippen molar-refractivity contribution in [2.45, 2.75) is 52.4 Å². The van der Waals surface area contributed by atoms with E-state index < -0.39 is 0 Å². The molecule has 1 aliphatic rings. The van der Waals surface area contributed by atoms with E-state index in [0.717, 1.165) is 68.6 Å². The Labute approximate surface area is 268 Å². The first-order valence-corrected chi connectivity index (χ1v) is 15.4. The Bertz CT molecular complexity index is 1120. The highest BCUT2D eigenvalue weighted by Gasteiger charge is 2.30. The molecule has 3 rings (SSSR count). The predicted octanol–water partition coefficient (Wildman–Crippen LogP) is 9.43. The average Bonchev–Trinajstić information content (AvgIpc) is 3.27. The number of carbonyl (C=O) groups excluding carboxylic acids is 2. The van der Waals surface area contributed by atoms with Gasteiger partial charge in [0.05, 0.1) is 7.11 Å². The summed E-state index contributed by atoms with van der Waals surface area (Å²) in [7, 11) is 3.49. The second kappa shape index (κ2) is 23.3. The summed E-state index contributed by atoms with van der Waals surface area (Å²) in [5, 5.41) is 0. The van der Waals surface area contributed by atoms with Crippen molar-refractivity contribution in [2.24, 2.45) is 11.3 Å². The van der Waals surface area contributed by atoms with Crippen LogP contribution in [0.2, 0.25) is 0 Å². The molecule has 5 heteroatoms. The van der Waals surface area contributed by atoms with E-state index in [2.05, 4.69) is 53.3 Å². The van der Waals surface area contributed by atoms with E-state index in [1.165, 1.54) is 6.42 Å². The molecule has 5 nitrogen and oxygen atoms in total. The van der Waals surface area contributed by atoms with Crippen molar-refractivity contribution >= 4 is 11.8 Å². The van der Waals surface area contributed by atoms with E-state index in [0.29, 0.717) is 5.92 Å². The highest BCUT2D eigenvalue weighted by Crippen LogP contribution is 2.33. The lowest BCUT2D eigenvalue weighted by Crippen LogP contribution is -2.38. The van der Waals surface area contributed by atoms with Crippen molar-refractivity contribution in [3.05, 3.63) is 130 Å². The van der Waals surface area contributed by atoms with E-state index in [4.69, 9.17) is 4.74 Å². The van der Waals surface area contributed by atoms with E-state index in [1.54, 1.807) is 24.2 Å². The molecule has 2 amide bonds. The molecule has 0 N–H and O–H groups in total. The van der Waals surface area contributed by atoms with Gasteiger partial charge in [0.2, 0.25) is 0 Å². The van der Waals surface area contributed by atoms with E-state index >= 15 is 0 Å². The highest BCUT2D eigenvalue weighted by molar-refractivity contribution is 5.94. The van der Waals surface area contributed by atoms with Crippen molar-refractivity contribution in [3.8, 4) is 5.75 Å². The Balaban J connectivity index is 0.000000725. The van der Waals surface area contributed by atoms with Crippen LogP contribution in [-0.2, 0) is 0 Å². The minimum absolute atomic E-state index is 0.0908. The summed E-state index contributed by atoms with van der Waals surface area (Å²) in [6.45, 7) is 27.2. The van der Waals surface area contributed by atoms with Crippen molar-refractivity contribution in [1.82, 2.24) is 9.80 Å². The zero-order chi connectivity index (χ0) is 33.4. The fourth-order valence-corrected chi connectivity index (χ4v) is 4.96. The number of likely N-dealkylation sites (tertiary alicyclic amines) is 1. The molecule has 0 saturated carbocycles. The quantitative estimate of drug-likeness (QED) is 0.191. The molecule has 0 spiro atoms. The van der Waals surface area contributed by atoms with Crippen LogP contribution in [0.4, 0.5) is 0 Å². The fourth-order valence-electron chi connectivity index (χ4n) is 4.96. The summed E-state index contributed by atoms with van der Waals surface area (Å²) in [4.78, 5) is 28.6. The Kier molecular flexibility index (Phi) is 21.2. The number of amides is 2. The minimum Gasteiger partial charge on any atom is -0.497 e. The molecule has 1 saturated heterocycles. The number of hydrogen-bond acceptors (Lipinski definition) is 3. The Hall–Kier alpha value is -4.12. The van der Waals surface area contributed by atoms with Crippen molar-refractivity contribution in [3.63, 3.8) is 0 Å². The van der Waals surface area contributed by atoms with Crippen LogP contribution >= 0.6 is 0 Å². The van der Waals surface area contributed by atoms with Gasteiger partial charge >= 0.3 is 0 Å². The number of carbonyl (C=O) groups is 2. The molecule has 1 aliphatic heterocycles. The second-order valence-corrected chi connectivity index (χ2v) is 11.0. The lowest BCUT2D eigenvalue weighted by molar-refractivity contribution is 0.0695. The van der Waals surface area contributed by atoms with Gasteiger partial charge in [0, 0.05) is 37.8 Å². The highest BCUT2D eigenvalue weighted by atomic mass is 16.5. The molecule has 2 aromatic carbocycles. The van der Waals surface area contributed by atoms with Gasteiger partial charge in [-0.1, -0.05) is 82.4 Å². The monoisotopic (exact) mass is 600 g/mol. The van der Waals surface area contributed by atoms with Gasteiger partial charge in [0.15, 0.2) is 0 Å². The molecule has 0 aromatic heterocycles. The molecule has 44 heavy (non-hydrogen) atoms. The van der Waals surface area contributed by atoms with E-state index in [-0.39, 0.29) is 17.2 Å². The third kappa shape index (κ3) is 14.9. The first kappa shape index (κ1) is 39.9. The van der Waals surface area contributed by atoms with E-state index in [1.807, 2.05) is 78.7 Å². The number of nitrogens with zero attached hydrogens (tertiary/aromatic N) is 2. The molecule has 0 aliphatic carbocycles. The molecule has 0 unspecified atom stereocenters. The largest absolute Gasteiger partial charge is 0.497 e. The van der Waals surface area contributed by atoms with Crippen molar-refractivity contribution in [1.29, 1.82) is 0 Å². The first-order valence-electron chi connectivity index (χ1n) is 15.4. The maximum absolute atomic E-state index is 12.7. The minimum atomic E-state index is 0.0908. The Morgan fingerprint density at radius 3 is 2.07 bits per heavy atom. The van der Waals surface area contributed by atoms with Gasteiger partial charge in [-0.05, 0) is 73.4 Å². The molecule has 2 atom stereocenters. The zero-order valence-electron chi connectivity index (χ0n) is 27.8. The van der Waals surface area contributed by atoms with Gasteiger partial charge in [0.25, 0.3) is 11.8 Å². The normalized spacial score (nSPS) is 15.9. The lowest BCUT2D eigenvalue weighted by Gasteiger charge is -2.32. The average molecular weight is 601 g/mol. The van der Waals surface area contributed by atoms with Crippen LogP contribution in [0.5, 0.6) is 5.75 Å². The Morgan fingerprint density at radius 1 is 0.955 bits per heavy atom. The molecule has 0 radical (unpaired) electrons. The summed E-state index contributed by atoms with van der Waals surface area (Å²) in [5.74, 6) is 1.49. The summed E-state index contributed by atoms with van der Waals surface area (Å²) >= 11 is 0. The van der Waals surface area contributed by atoms with Gasteiger partial charge in [-0.25, -0.2) is 0 Å². The first-order chi connectivity index (χ1) is 21.2. The predicted molar refractivity (Wildman–Crippen MR) is 189 cm³/mol. The maximum Gasteiger partial charge on any atom is 0.253 e. The number of rotatable bonds is 11. The van der Waals surface area contributed by atoms with Crippen LogP contribution < -0.4 is 4.74 Å². The van der Waals surface area contributed by atoms with E-state index in [9.17, 15) is 9.59 Å². The second-order valence-electron chi connectivity index (χ2n) is 11.0. The van der Waals surface area contributed by atoms with Crippen LogP contribution in [0.15, 0.2) is 118 Å². The molecule has 1 fully saturated rings. The van der Waals surface area contributed by atoms with Crippen LogP contribution in [-0.4, -0.2) is 55.4 Å². The van der Waals surface area contributed by atoms with Crippen molar-refractivity contribution < 1.29 is 14.3 Å². The van der Waals surface area contributed by atoms with Gasteiger partial charge in [-0.2, -0.15) is 0 Å². The zero-order valence-corrected chi connectivity index (χ0v) is 27.8. The molecule has 2 aromatic rings. The summed E-state index contributed by atoms with van der Waals surface area (Å²) < 4.78 is 5.14. The molecule has 240 valence electrons. The third-order valence-electron chi connectivity index (χ3n) is 7.44. The number of ether oxygens (including phenoxy) is 1. The third-order valence-corrected chi connectivity index (χ3v) is 7.44. The number of hydrogen-bond donors (Lipinski definition) is 0. The summed E-state index contributed by atoms with van der Waals surface area (Å²) in [5.41, 5.74) is 1.64. The topological polar surface area (TPSA) is 49.9 Å². The smallest absolute Gasteiger partial charge is 0.253 e. The lowest BCUT2D eigenvalue weighted by atomic mass is 9.82. The summed E-state index contributed by atoms with van der Waals surface area (Å²) in [6, 6.07) is 16.8. The van der Waals surface area contributed by atoms with Crippen molar-refractivity contribution in [2.75, 3.05) is 33.8 Å². The molecule has 0 bridgehead atoms. The standard InChI is InChI=1S/C18H25NO2.C15H21NO.C4H6.C2H4/c1-4-11-18(2)12-5-6-13-19(14-18)17(20)15-7-9-16(21-3)10-8-15;1-4-9-13(5-2)12-16(3)15(17)14-10-7-6-8-11-14;1-3-4-2;1-2/h4,7-10H,1,5-6,11-14H2,2-3H3;4,6-8,10-11,13H,1,5,9,12H2,2-3H3;3-4H,1-2H2;1-2H2/t18-;13-;;/m10../s1. The fraction of sp³-hybridized carbons (Fsp3) is 0.385. The molecular weight excluding hydrogens is 544 g/mol. The Morgan fingerprint density at radius 2 is 1.57 bits per heavy atom. The van der Waals surface area contributed by atoms with Crippen LogP contribution in [0.1, 0.15) is 73.1 Å². The SMILES string of the molecule is C=C.C=CC=C.C=CC[C@H](CC)CN(C)C(=O)c1ccccc1.C=CC[C@]1(C)CCCCN(C(=O)c2ccc(OC)cc2)C1. The number of benzene rings is 2. The maximum atomic E-state index is 12.7. The van der Waals surface area contributed by atoms with Gasteiger partial charge in [-0.3, -0.25) is 9.59 Å².